The third-order valence-electron chi connectivity index (χ3n) is 5.52. The smallest absolute Gasteiger partial charge is 0.306 e. The Morgan fingerprint density at radius 3 is 2.50 bits per heavy atom. The van der Waals surface area contributed by atoms with Crippen molar-refractivity contribution in [2.24, 2.45) is 0 Å². The first-order chi connectivity index (χ1) is 14.3. The first-order valence-corrected chi connectivity index (χ1v) is 10.3. The van der Waals surface area contributed by atoms with E-state index in [0.717, 1.165) is 23.1 Å². The Hall–Kier alpha value is -2.69. The number of carbonyl (C=O) groups is 1. The van der Waals surface area contributed by atoms with Crippen molar-refractivity contribution < 1.29 is 19.4 Å². The molecule has 3 rings (SSSR count). The summed E-state index contributed by atoms with van der Waals surface area (Å²) in [5.74, 6) is -0.282. The number of esters is 1. The second kappa shape index (κ2) is 9.88. The summed E-state index contributed by atoms with van der Waals surface area (Å²) in [4.78, 5) is 12.4. The van der Waals surface area contributed by atoms with E-state index in [2.05, 4.69) is 38.4 Å². The quantitative estimate of drug-likeness (QED) is 0.452. The molecule has 0 spiro atoms. The molecule has 2 heterocycles. The van der Waals surface area contributed by atoms with Gasteiger partial charge >= 0.3 is 5.97 Å². The molecule has 0 aromatic heterocycles. The second-order valence-electron chi connectivity index (χ2n) is 8.02. The number of carbonyl (C=O) groups excluding carboxylic acids is 1. The highest BCUT2D eigenvalue weighted by Crippen LogP contribution is 2.37. The van der Waals surface area contributed by atoms with Crippen LogP contribution in [-0.2, 0) is 20.7 Å². The van der Waals surface area contributed by atoms with Crippen LogP contribution in [0.2, 0.25) is 0 Å². The molecule has 4 atom stereocenters. The van der Waals surface area contributed by atoms with Gasteiger partial charge in [0.1, 0.15) is 24.4 Å². The SMILES string of the molecule is C=C1CCC(=O)O[C@@H](/C=C/Cc2ccccc2)CC(=C)[C@@H]2O[C@H]2[C@H](O)C(=C)CC1=C. The first-order valence-electron chi connectivity index (χ1n) is 10.3. The van der Waals surface area contributed by atoms with E-state index in [4.69, 9.17) is 9.47 Å². The van der Waals surface area contributed by atoms with Gasteiger partial charge in [0.2, 0.25) is 0 Å². The Bertz CT molecular complexity index is 864. The maximum absolute atomic E-state index is 12.4. The van der Waals surface area contributed by atoms with E-state index in [-0.39, 0.29) is 24.6 Å². The Labute approximate surface area is 178 Å². The van der Waals surface area contributed by atoms with Crippen LogP contribution in [0.1, 0.15) is 31.2 Å². The first kappa shape index (κ1) is 22.0. The number of aliphatic hydroxyl groups excluding tert-OH is 1. The summed E-state index contributed by atoms with van der Waals surface area (Å²) in [7, 11) is 0. The lowest BCUT2D eigenvalue weighted by Gasteiger charge is -2.18. The highest BCUT2D eigenvalue weighted by Gasteiger charge is 2.47. The average Bonchev–Trinajstić information content (AvgIpc) is 3.52. The maximum atomic E-state index is 12.4. The van der Waals surface area contributed by atoms with Crippen LogP contribution in [0.4, 0.5) is 0 Å². The number of allylic oxidation sites excluding steroid dienone is 3. The summed E-state index contributed by atoms with van der Waals surface area (Å²) in [6.07, 6.45) is 4.39. The van der Waals surface area contributed by atoms with Gasteiger partial charge in [0.15, 0.2) is 0 Å². The summed E-state index contributed by atoms with van der Waals surface area (Å²) < 4.78 is 11.4. The van der Waals surface area contributed by atoms with E-state index in [0.29, 0.717) is 24.8 Å². The van der Waals surface area contributed by atoms with Crippen LogP contribution in [0.15, 0.2) is 91.1 Å². The van der Waals surface area contributed by atoms with E-state index >= 15 is 0 Å². The Morgan fingerprint density at radius 1 is 1.03 bits per heavy atom. The van der Waals surface area contributed by atoms with Gasteiger partial charge in [0, 0.05) is 12.8 Å². The van der Waals surface area contributed by atoms with Gasteiger partial charge in [0.25, 0.3) is 0 Å². The molecule has 4 nitrogen and oxygen atoms in total. The van der Waals surface area contributed by atoms with Gasteiger partial charge < -0.3 is 14.6 Å². The standard InChI is InChI=1S/C26H30O4/c1-17-13-14-23(27)29-22(12-8-11-21-9-6-5-7-10-21)16-20(4)25-26(30-25)24(28)19(3)15-18(17)2/h5-10,12,22,24-26,28H,1-4,11,13-16H2/b12-8+/t22-,24+,25-,26-/m0/s1. The molecule has 1 N–H and O–H groups in total. The molecule has 2 saturated heterocycles. The molecular formula is C26H30O4. The van der Waals surface area contributed by atoms with Crippen molar-refractivity contribution in [3.8, 4) is 0 Å². The molecule has 0 bridgehead atoms. The van der Waals surface area contributed by atoms with E-state index in [1.807, 2.05) is 30.4 Å². The molecular weight excluding hydrogens is 376 g/mol. The molecule has 0 unspecified atom stereocenters. The molecule has 2 fully saturated rings. The minimum atomic E-state index is -0.783. The fourth-order valence-corrected chi connectivity index (χ4v) is 3.58. The van der Waals surface area contributed by atoms with Crippen molar-refractivity contribution in [2.45, 2.75) is 56.5 Å². The number of rotatable bonds is 3. The van der Waals surface area contributed by atoms with Gasteiger partial charge in [-0.15, -0.1) is 0 Å². The Morgan fingerprint density at radius 2 is 1.77 bits per heavy atom. The number of fused-ring (bicyclic) bond motifs is 1. The molecule has 0 amide bonds. The summed E-state index contributed by atoms with van der Waals surface area (Å²) in [5.41, 5.74) is 4.15. The second-order valence-corrected chi connectivity index (χ2v) is 8.02. The van der Waals surface area contributed by atoms with E-state index < -0.39 is 12.2 Å². The van der Waals surface area contributed by atoms with Crippen molar-refractivity contribution in [2.75, 3.05) is 0 Å². The van der Waals surface area contributed by atoms with Crippen molar-refractivity contribution >= 4 is 5.97 Å². The van der Waals surface area contributed by atoms with Crippen molar-refractivity contribution in [1.82, 2.24) is 0 Å². The van der Waals surface area contributed by atoms with Crippen LogP contribution >= 0.6 is 0 Å². The van der Waals surface area contributed by atoms with Gasteiger partial charge in [-0.2, -0.15) is 0 Å². The maximum Gasteiger partial charge on any atom is 0.306 e. The van der Waals surface area contributed by atoms with Crippen LogP contribution in [0, 0.1) is 0 Å². The number of aliphatic hydroxyl groups is 1. The van der Waals surface area contributed by atoms with E-state index in [9.17, 15) is 9.90 Å². The molecule has 158 valence electrons. The van der Waals surface area contributed by atoms with Crippen molar-refractivity contribution in [1.29, 1.82) is 0 Å². The van der Waals surface area contributed by atoms with Crippen molar-refractivity contribution in [3.05, 3.63) is 96.7 Å². The average molecular weight is 407 g/mol. The van der Waals surface area contributed by atoms with Gasteiger partial charge in [-0.3, -0.25) is 4.79 Å². The lowest BCUT2D eigenvalue weighted by atomic mass is 9.92. The molecule has 4 heteroatoms. The fraction of sp³-hybridized carbons (Fsp3) is 0.346. The number of cyclic esters (lactones) is 1. The van der Waals surface area contributed by atoms with Gasteiger partial charge in [0.05, 0.1) is 0 Å². The van der Waals surface area contributed by atoms with Crippen LogP contribution in [0.25, 0.3) is 0 Å². The zero-order valence-corrected chi connectivity index (χ0v) is 17.4. The monoisotopic (exact) mass is 406 g/mol. The lowest BCUT2D eigenvalue weighted by Crippen LogP contribution is -2.23. The van der Waals surface area contributed by atoms with Crippen LogP contribution in [0.3, 0.4) is 0 Å². The number of hydrogen-bond acceptors (Lipinski definition) is 4. The topological polar surface area (TPSA) is 59.1 Å². The zero-order chi connectivity index (χ0) is 21.7. The van der Waals surface area contributed by atoms with E-state index in [1.165, 1.54) is 5.56 Å². The van der Waals surface area contributed by atoms with Gasteiger partial charge in [-0.1, -0.05) is 68.3 Å². The van der Waals surface area contributed by atoms with E-state index in [1.54, 1.807) is 0 Å². The predicted octanol–water partition coefficient (Wildman–Crippen LogP) is 4.62. The number of epoxide rings is 1. The minimum Gasteiger partial charge on any atom is -0.458 e. The molecule has 2 aliphatic heterocycles. The highest BCUT2D eigenvalue weighted by molar-refractivity contribution is 5.70. The normalized spacial score (nSPS) is 28.8. The van der Waals surface area contributed by atoms with Gasteiger partial charge in [-0.25, -0.2) is 0 Å². The zero-order valence-electron chi connectivity index (χ0n) is 17.4. The van der Waals surface area contributed by atoms with Crippen molar-refractivity contribution in [3.63, 3.8) is 0 Å². The number of hydrogen-bond donors (Lipinski definition) is 1. The highest BCUT2D eigenvalue weighted by atomic mass is 16.6. The molecule has 2 aliphatic rings. The largest absolute Gasteiger partial charge is 0.458 e. The molecule has 0 radical (unpaired) electrons. The van der Waals surface area contributed by atoms with Crippen LogP contribution < -0.4 is 0 Å². The summed E-state index contributed by atoms with van der Waals surface area (Å²) in [6, 6.07) is 10.1. The Balaban J connectivity index is 1.71. The Kier molecular flexibility index (Phi) is 7.24. The molecule has 0 saturated carbocycles. The molecule has 1 aromatic carbocycles. The molecule has 0 aliphatic carbocycles. The number of ether oxygens (including phenoxy) is 2. The van der Waals surface area contributed by atoms with Crippen LogP contribution in [0.5, 0.6) is 0 Å². The fourth-order valence-electron chi connectivity index (χ4n) is 3.58. The lowest BCUT2D eigenvalue weighted by molar-refractivity contribution is -0.146. The molecule has 30 heavy (non-hydrogen) atoms. The number of benzene rings is 1. The third kappa shape index (κ3) is 5.91. The third-order valence-corrected chi connectivity index (χ3v) is 5.52. The van der Waals surface area contributed by atoms with Crippen LogP contribution in [-0.4, -0.2) is 35.5 Å². The summed E-state index contributed by atoms with van der Waals surface area (Å²) in [5, 5.41) is 10.6. The molecule has 1 aromatic rings. The minimum absolute atomic E-state index is 0.227. The summed E-state index contributed by atoms with van der Waals surface area (Å²) >= 11 is 0. The predicted molar refractivity (Wildman–Crippen MR) is 119 cm³/mol. The van der Waals surface area contributed by atoms with Gasteiger partial charge in [-0.05, 0) is 47.6 Å². The summed E-state index contributed by atoms with van der Waals surface area (Å²) in [6.45, 7) is 16.1.